The summed E-state index contributed by atoms with van der Waals surface area (Å²) in [6.45, 7) is 7.99. The Hall–Kier alpha value is -4.08. The predicted molar refractivity (Wildman–Crippen MR) is 169 cm³/mol. The Bertz CT molecular complexity index is 1140. The number of ether oxygens (including phenoxy) is 3. The van der Waals surface area contributed by atoms with Crippen molar-refractivity contribution in [2.45, 2.75) is 47.0 Å². The maximum atomic E-state index is 11.4. The largest absolute Gasteiger partial charge is 0.466 e. The maximum Gasteiger partial charge on any atom is 0.313 e. The number of ketones is 3. The molecule has 3 rings (SSSR count). The van der Waals surface area contributed by atoms with Crippen LogP contribution in [0, 0.1) is 0 Å². The van der Waals surface area contributed by atoms with Gasteiger partial charge < -0.3 is 19.3 Å². The molecule has 0 bridgehead atoms. The predicted octanol–water partition coefficient (Wildman–Crippen LogP) is 5.46. The van der Waals surface area contributed by atoms with E-state index in [1.807, 2.05) is 18.2 Å². The number of hydrogen-bond donors (Lipinski definition) is 1. The van der Waals surface area contributed by atoms with Gasteiger partial charge in [-0.15, -0.1) is 0 Å². The molecule has 0 unspecified atom stereocenters. The normalized spacial score (nSPS) is 9.07. The maximum absolute atomic E-state index is 11.4. The van der Waals surface area contributed by atoms with Gasteiger partial charge in [0.15, 0.2) is 17.3 Å². The van der Waals surface area contributed by atoms with Crippen LogP contribution in [0.5, 0.6) is 0 Å². The average molecular weight is 714 g/mol. The zero-order chi connectivity index (χ0) is 33.9. The second kappa shape index (κ2) is 28.4. The Morgan fingerprint density at radius 2 is 0.652 bits per heavy atom. The Balaban J connectivity index is 0. The summed E-state index contributed by atoms with van der Waals surface area (Å²) in [5.41, 5.74) is 1.63. The molecule has 0 aliphatic carbocycles. The number of aliphatic hydroxyl groups is 1. The first-order valence-corrected chi connectivity index (χ1v) is 14.5. The van der Waals surface area contributed by atoms with Gasteiger partial charge in [-0.2, -0.15) is 0 Å². The SMILES string of the molecule is CCO.CCOC(=O)CC(=O)c1ccccc1.CCOC(=O)CC(=O)c1ccccc1.CCOC(=O)CC(=O)c1ccccc1.[Zr]. The van der Waals surface area contributed by atoms with Gasteiger partial charge in [0, 0.05) is 49.5 Å². The fourth-order valence-corrected chi connectivity index (χ4v) is 3.21. The van der Waals surface area contributed by atoms with Crippen molar-refractivity contribution in [3.8, 4) is 0 Å². The molecule has 0 saturated heterocycles. The van der Waals surface area contributed by atoms with Crippen LogP contribution in [0.2, 0.25) is 0 Å². The number of hydrogen-bond acceptors (Lipinski definition) is 10. The molecule has 3 aromatic carbocycles. The zero-order valence-electron chi connectivity index (χ0n) is 26.7. The molecule has 0 aromatic heterocycles. The van der Waals surface area contributed by atoms with Crippen LogP contribution < -0.4 is 0 Å². The molecule has 11 heteroatoms. The Morgan fingerprint density at radius 3 is 0.826 bits per heavy atom. The smallest absolute Gasteiger partial charge is 0.313 e. The number of aliphatic hydroxyl groups excluding tert-OH is 1. The van der Waals surface area contributed by atoms with E-state index in [1.54, 1.807) is 100 Å². The average Bonchev–Trinajstić information content (AvgIpc) is 3.03. The Kier molecular flexibility index (Phi) is 27.2. The minimum absolute atomic E-state index is 0. The molecule has 0 fully saturated rings. The summed E-state index contributed by atoms with van der Waals surface area (Å²) in [6, 6.07) is 26.1. The number of Topliss-reactive ketones (excluding diaryl/α,β-unsaturated/α-hetero) is 3. The topological polar surface area (TPSA) is 150 Å². The number of rotatable bonds is 12. The molecule has 0 heterocycles. The second-order valence-electron chi connectivity index (χ2n) is 8.63. The first-order valence-electron chi connectivity index (χ1n) is 14.5. The van der Waals surface area contributed by atoms with E-state index in [2.05, 4.69) is 14.2 Å². The van der Waals surface area contributed by atoms with E-state index >= 15 is 0 Å². The van der Waals surface area contributed by atoms with Gasteiger partial charge in [0.2, 0.25) is 0 Å². The van der Waals surface area contributed by atoms with Crippen molar-refractivity contribution in [2.24, 2.45) is 0 Å². The Labute approximate surface area is 289 Å². The van der Waals surface area contributed by atoms with Gasteiger partial charge in [-0.3, -0.25) is 28.8 Å². The summed E-state index contributed by atoms with van der Waals surface area (Å²) in [4.78, 5) is 67.2. The molecule has 1 N–H and O–H groups in total. The van der Waals surface area contributed by atoms with Crippen LogP contribution in [0.1, 0.15) is 78.0 Å². The van der Waals surface area contributed by atoms with Gasteiger partial charge in [-0.05, 0) is 27.7 Å². The van der Waals surface area contributed by atoms with Crippen molar-refractivity contribution in [3.63, 3.8) is 0 Å². The molecule has 0 atom stereocenters. The summed E-state index contributed by atoms with van der Waals surface area (Å²) < 4.78 is 14.0. The van der Waals surface area contributed by atoms with Crippen LogP contribution >= 0.6 is 0 Å². The molecule has 0 aliphatic heterocycles. The van der Waals surface area contributed by atoms with E-state index in [1.165, 1.54) is 0 Å². The Morgan fingerprint density at radius 1 is 0.457 bits per heavy atom. The van der Waals surface area contributed by atoms with Crippen molar-refractivity contribution in [1.82, 2.24) is 0 Å². The number of carbonyl (C=O) groups is 6. The summed E-state index contributed by atoms with van der Waals surface area (Å²) in [5.74, 6) is -2.03. The molecule has 3 aromatic rings. The molecular formula is C35H42O10Zr. The minimum Gasteiger partial charge on any atom is -0.466 e. The van der Waals surface area contributed by atoms with Gasteiger partial charge in [-0.25, -0.2) is 0 Å². The third kappa shape index (κ3) is 21.6. The van der Waals surface area contributed by atoms with Crippen molar-refractivity contribution in [3.05, 3.63) is 108 Å². The van der Waals surface area contributed by atoms with Gasteiger partial charge in [0.1, 0.15) is 19.3 Å². The third-order valence-electron chi connectivity index (χ3n) is 5.12. The molecule has 10 nitrogen and oxygen atoms in total. The third-order valence-corrected chi connectivity index (χ3v) is 5.12. The summed E-state index contributed by atoms with van der Waals surface area (Å²) in [7, 11) is 0. The molecule has 46 heavy (non-hydrogen) atoms. The molecule has 0 spiro atoms. The molecule has 0 saturated carbocycles. The molecular weight excluding hydrogens is 672 g/mol. The first kappa shape index (κ1) is 44.0. The van der Waals surface area contributed by atoms with E-state index in [-0.39, 0.29) is 69.4 Å². The van der Waals surface area contributed by atoms with Crippen LogP contribution in [0.4, 0.5) is 0 Å². The van der Waals surface area contributed by atoms with Crippen LogP contribution in [-0.2, 0) is 54.8 Å². The summed E-state index contributed by atoms with van der Waals surface area (Å²) in [5, 5.41) is 7.57. The fourth-order valence-electron chi connectivity index (χ4n) is 3.21. The van der Waals surface area contributed by atoms with Crippen molar-refractivity contribution in [1.29, 1.82) is 0 Å². The van der Waals surface area contributed by atoms with Crippen LogP contribution in [0.3, 0.4) is 0 Å². The van der Waals surface area contributed by atoms with E-state index in [4.69, 9.17) is 5.11 Å². The monoisotopic (exact) mass is 712 g/mol. The molecule has 0 amide bonds. The fraction of sp³-hybridized carbons (Fsp3) is 0.314. The van der Waals surface area contributed by atoms with Gasteiger partial charge in [-0.1, -0.05) is 91.0 Å². The molecule has 246 valence electrons. The molecule has 0 radical (unpaired) electrons. The number of esters is 3. The van der Waals surface area contributed by atoms with Crippen molar-refractivity contribution < 1.29 is 74.3 Å². The van der Waals surface area contributed by atoms with Crippen molar-refractivity contribution in [2.75, 3.05) is 26.4 Å². The zero-order valence-corrected chi connectivity index (χ0v) is 29.2. The van der Waals surface area contributed by atoms with E-state index in [0.717, 1.165) is 0 Å². The van der Waals surface area contributed by atoms with Crippen LogP contribution in [-0.4, -0.2) is 66.8 Å². The van der Waals surface area contributed by atoms with Gasteiger partial charge in [0.05, 0.1) is 19.8 Å². The van der Waals surface area contributed by atoms with E-state index < -0.39 is 17.9 Å². The van der Waals surface area contributed by atoms with Crippen molar-refractivity contribution >= 4 is 35.3 Å². The summed E-state index contributed by atoms with van der Waals surface area (Å²) in [6.07, 6.45) is -0.548. The minimum atomic E-state index is -0.471. The van der Waals surface area contributed by atoms with Gasteiger partial charge >= 0.3 is 17.9 Å². The van der Waals surface area contributed by atoms with Gasteiger partial charge in [0.25, 0.3) is 0 Å². The van der Waals surface area contributed by atoms with E-state index in [0.29, 0.717) is 36.5 Å². The molecule has 0 aliphatic rings. The standard InChI is InChI=1S/3C11H12O3.C2H6O.Zr/c3*1-2-14-11(13)8-10(12)9-6-4-3-5-7-9;1-2-3;/h3*3-7H,2,8H2,1H3;3H,2H2,1H3;. The quantitative estimate of drug-likeness (QED) is 0.111. The van der Waals surface area contributed by atoms with Crippen LogP contribution in [0.25, 0.3) is 0 Å². The second-order valence-corrected chi connectivity index (χ2v) is 8.63. The van der Waals surface area contributed by atoms with Crippen LogP contribution in [0.15, 0.2) is 91.0 Å². The number of carbonyl (C=O) groups excluding carboxylic acids is 6. The summed E-state index contributed by atoms with van der Waals surface area (Å²) >= 11 is 0. The number of benzene rings is 3. The first-order chi connectivity index (χ1) is 21.6. The van der Waals surface area contributed by atoms with E-state index in [9.17, 15) is 28.8 Å².